The van der Waals surface area contributed by atoms with Gasteiger partial charge >= 0.3 is 0 Å². The highest BCUT2D eigenvalue weighted by Gasteiger charge is 2.36. The van der Waals surface area contributed by atoms with E-state index in [9.17, 15) is 9.59 Å². The minimum absolute atomic E-state index is 0.256. The van der Waals surface area contributed by atoms with Gasteiger partial charge in [0.2, 0.25) is 11.8 Å². The quantitative estimate of drug-likeness (QED) is 0.744. The molecular weight excluding hydrogens is 354 g/mol. The van der Waals surface area contributed by atoms with E-state index in [0.717, 1.165) is 19.0 Å². The van der Waals surface area contributed by atoms with E-state index < -0.39 is 5.41 Å². The van der Waals surface area contributed by atoms with Gasteiger partial charge in [-0.15, -0.1) is 0 Å². The predicted octanol–water partition coefficient (Wildman–Crippen LogP) is 3.80. The van der Waals surface area contributed by atoms with Crippen molar-refractivity contribution in [3.05, 3.63) is 48.4 Å². The second kappa shape index (κ2) is 8.50. The molecule has 1 aromatic carbocycles. The predicted molar refractivity (Wildman–Crippen MR) is 110 cm³/mol. The first kappa shape index (κ1) is 20.0. The fraction of sp³-hybridized carbons (Fsp3) is 0.455. The van der Waals surface area contributed by atoms with Crippen LogP contribution in [0, 0.1) is 11.3 Å². The molecule has 0 aliphatic carbocycles. The molecular formula is C22H29N3O3. The lowest BCUT2D eigenvalue weighted by Gasteiger charge is -2.32. The van der Waals surface area contributed by atoms with Crippen molar-refractivity contribution in [3.63, 3.8) is 0 Å². The van der Waals surface area contributed by atoms with Gasteiger partial charge < -0.3 is 20.0 Å². The molecule has 2 heterocycles. The van der Waals surface area contributed by atoms with Crippen LogP contribution < -0.4 is 15.5 Å². The number of piperidine rings is 1. The number of carbonyl (C=O) groups excluding carboxylic acids is 2. The number of rotatable bonds is 6. The van der Waals surface area contributed by atoms with Crippen LogP contribution in [0.4, 0.5) is 11.4 Å². The number of nitrogens with one attached hydrogen (secondary N) is 2. The number of benzene rings is 1. The van der Waals surface area contributed by atoms with Gasteiger partial charge in [0.25, 0.3) is 0 Å². The molecule has 1 fully saturated rings. The van der Waals surface area contributed by atoms with Crippen LogP contribution in [0.1, 0.15) is 39.4 Å². The first-order valence-electron chi connectivity index (χ1n) is 9.83. The smallest absolute Gasteiger partial charge is 0.239 e. The molecule has 1 aromatic heterocycles. The summed E-state index contributed by atoms with van der Waals surface area (Å²) in [5.74, 6) is 0.743. The standard InChI is InChI=1S/C22H29N3O3/c1-16-10-12-25(13-11-16)18-8-6-17(7-9-18)24-21(27)22(2,3)20(26)23-15-19-5-4-14-28-19/h4-9,14,16H,10-13,15H2,1-3H3,(H,23,26)(H,24,27). The van der Waals surface area contributed by atoms with E-state index in [0.29, 0.717) is 11.4 Å². The minimum Gasteiger partial charge on any atom is -0.467 e. The number of amides is 2. The molecule has 3 rings (SSSR count). The molecule has 0 bridgehead atoms. The monoisotopic (exact) mass is 383 g/mol. The van der Waals surface area contributed by atoms with Crippen LogP contribution in [0.25, 0.3) is 0 Å². The average Bonchev–Trinajstić information content (AvgIpc) is 3.21. The lowest BCUT2D eigenvalue weighted by molar-refractivity contribution is -0.138. The Hall–Kier alpha value is -2.76. The van der Waals surface area contributed by atoms with Gasteiger partial charge in [-0.3, -0.25) is 9.59 Å². The highest BCUT2D eigenvalue weighted by atomic mass is 16.3. The summed E-state index contributed by atoms with van der Waals surface area (Å²) in [6, 6.07) is 11.4. The average molecular weight is 383 g/mol. The third kappa shape index (κ3) is 4.74. The van der Waals surface area contributed by atoms with Crippen molar-refractivity contribution in [2.24, 2.45) is 11.3 Å². The minimum atomic E-state index is -1.20. The Balaban J connectivity index is 1.56. The zero-order valence-electron chi connectivity index (χ0n) is 16.8. The largest absolute Gasteiger partial charge is 0.467 e. The van der Waals surface area contributed by atoms with E-state index in [1.165, 1.54) is 18.5 Å². The van der Waals surface area contributed by atoms with Crippen molar-refractivity contribution >= 4 is 23.2 Å². The maximum absolute atomic E-state index is 12.7. The van der Waals surface area contributed by atoms with Gasteiger partial charge in [0, 0.05) is 24.5 Å². The summed E-state index contributed by atoms with van der Waals surface area (Å²) in [4.78, 5) is 27.5. The summed E-state index contributed by atoms with van der Waals surface area (Å²) in [7, 11) is 0. The summed E-state index contributed by atoms with van der Waals surface area (Å²) in [5.41, 5.74) is 0.653. The molecule has 2 amide bonds. The molecule has 0 unspecified atom stereocenters. The molecule has 0 saturated carbocycles. The van der Waals surface area contributed by atoms with Gasteiger partial charge in [-0.05, 0) is 69.0 Å². The van der Waals surface area contributed by atoms with Crippen LogP contribution >= 0.6 is 0 Å². The Morgan fingerprint density at radius 3 is 2.39 bits per heavy atom. The van der Waals surface area contributed by atoms with Gasteiger partial charge in [-0.2, -0.15) is 0 Å². The second-order valence-corrected chi connectivity index (χ2v) is 8.06. The zero-order chi connectivity index (χ0) is 20.1. The van der Waals surface area contributed by atoms with Gasteiger partial charge in [-0.25, -0.2) is 0 Å². The lowest BCUT2D eigenvalue weighted by atomic mass is 9.91. The first-order valence-corrected chi connectivity index (χ1v) is 9.83. The van der Waals surface area contributed by atoms with Gasteiger partial charge in [-0.1, -0.05) is 6.92 Å². The van der Waals surface area contributed by atoms with E-state index in [-0.39, 0.29) is 18.4 Å². The number of hydrogen-bond donors (Lipinski definition) is 2. The normalized spacial score (nSPS) is 15.3. The van der Waals surface area contributed by atoms with Crippen LogP contribution in [-0.2, 0) is 16.1 Å². The molecule has 150 valence electrons. The van der Waals surface area contributed by atoms with Crippen molar-refractivity contribution in [1.82, 2.24) is 5.32 Å². The van der Waals surface area contributed by atoms with Crippen LogP contribution in [-0.4, -0.2) is 24.9 Å². The molecule has 1 saturated heterocycles. The van der Waals surface area contributed by atoms with Crippen molar-refractivity contribution < 1.29 is 14.0 Å². The third-order valence-corrected chi connectivity index (χ3v) is 5.41. The number of hydrogen-bond acceptors (Lipinski definition) is 4. The molecule has 28 heavy (non-hydrogen) atoms. The molecule has 0 atom stereocenters. The van der Waals surface area contributed by atoms with Gasteiger partial charge in [0.05, 0.1) is 12.8 Å². The number of carbonyl (C=O) groups is 2. The van der Waals surface area contributed by atoms with Crippen molar-refractivity contribution in [2.75, 3.05) is 23.3 Å². The van der Waals surface area contributed by atoms with Crippen LogP contribution in [0.3, 0.4) is 0 Å². The van der Waals surface area contributed by atoms with E-state index in [1.54, 1.807) is 32.2 Å². The topological polar surface area (TPSA) is 74.6 Å². The molecule has 6 heteroatoms. The van der Waals surface area contributed by atoms with E-state index in [1.807, 2.05) is 24.3 Å². The van der Waals surface area contributed by atoms with Crippen molar-refractivity contribution in [1.29, 1.82) is 0 Å². The Morgan fingerprint density at radius 1 is 1.11 bits per heavy atom. The maximum atomic E-state index is 12.7. The SMILES string of the molecule is CC1CCN(c2ccc(NC(=O)C(C)(C)C(=O)NCc3ccco3)cc2)CC1. The van der Waals surface area contributed by atoms with Crippen LogP contribution in [0.15, 0.2) is 47.1 Å². The summed E-state index contributed by atoms with van der Waals surface area (Å²) < 4.78 is 5.20. The molecule has 1 aliphatic rings. The fourth-order valence-corrected chi connectivity index (χ4v) is 3.21. The van der Waals surface area contributed by atoms with E-state index in [2.05, 4.69) is 22.5 Å². The van der Waals surface area contributed by atoms with Crippen LogP contribution in [0.5, 0.6) is 0 Å². The molecule has 2 aromatic rings. The highest BCUT2D eigenvalue weighted by molar-refractivity contribution is 6.09. The van der Waals surface area contributed by atoms with Gasteiger partial charge in [0.15, 0.2) is 0 Å². The summed E-state index contributed by atoms with van der Waals surface area (Å²) in [5, 5.41) is 5.60. The summed E-state index contributed by atoms with van der Waals surface area (Å²) in [6.07, 6.45) is 3.97. The Morgan fingerprint density at radius 2 is 1.79 bits per heavy atom. The number of anilines is 2. The van der Waals surface area contributed by atoms with Crippen molar-refractivity contribution in [2.45, 2.75) is 40.2 Å². The number of furan rings is 1. The van der Waals surface area contributed by atoms with Gasteiger partial charge in [0.1, 0.15) is 11.2 Å². The van der Waals surface area contributed by atoms with E-state index >= 15 is 0 Å². The Labute approximate surface area is 166 Å². The lowest BCUT2D eigenvalue weighted by Crippen LogP contribution is -2.44. The zero-order valence-corrected chi connectivity index (χ0v) is 16.8. The molecule has 1 aliphatic heterocycles. The summed E-state index contributed by atoms with van der Waals surface area (Å²) in [6.45, 7) is 7.91. The highest BCUT2D eigenvalue weighted by Crippen LogP contribution is 2.25. The van der Waals surface area contributed by atoms with Crippen molar-refractivity contribution in [3.8, 4) is 0 Å². The Bertz CT molecular complexity index is 789. The molecule has 0 spiro atoms. The number of nitrogens with zero attached hydrogens (tertiary/aromatic N) is 1. The second-order valence-electron chi connectivity index (χ2n) is 8.06. The molecule has 6 nitrogen and oxygen atoms in total. The third-order valence-electron chi connectivity index (χ3n) is 5.41. The fourth-order valence-electron chi connectivity index (χ4n) is 3.21. The summed E-state index contributed by atoms with van der Waals surface area (Å²) >= 11 is 0. The molecule has 0 radical (unpaired) electrons. The maximum Gasteiger partial charge on any atom is 0.239 e. The first-order chi connectivity index (χ1) is 13.4. The van der Waals surface area contributed by atoms with E-state index in [4.69, 9.17) is 4.42 Å². The Kier molecular flexibility index (Phi) is 6.07. The van der Waals surface area contributed by atoms with Crippen LogP contribution in [0.2, 0.25) is 0 Å². The molecule has 2 N–H and O–H groups in total.